The molecule has 2 atom stereocenters. The Labute approximate surface area is 111 Å². The van der Waals surface area contributed by atoms with Crippen LogP contribution in [0.1, 0.15) is 26.7 Å². The lowest BCUT2D eigenvalue weighted by atomic mass is 10.2. The van der Waals surface area contributed by atoms with Gasteiger partial charge in [0.25, 0.3) is 0 Å². The summed E-state index contributed by atoms with van der Waals surface area (Å²) >= 11 is 0. The van der Waals surface area contributed by atoms with Crippen LogP contribution in [0.2, 0.25) is 0 Å². The number of aliphatic hydroxyl groups is 2. The molecule has 0 aliphatic carbocycles. The number of nitrogens with one attached hydrogen (secondary N) is 2. The van der Waals surface area contributed by atoms with Crippen LogP contribution < -0.4 is 10.6 Å². The molecule has 0 spiro atoms. The molecule has 0 saturated carbocycles. The van der Waals surface area contributed by atoms with Gasteiger partial charge in [-0.3, -0.25) is 0 Å². The minimum Gasteiger partial charge on any atom is -0.396 e. The maximum absolute atomic E-state index is 8.67. The molecule has 0 fully saturated rings. The molecule has 0 aromatic rings. The molecule has 0 heterocycles. The lowest BCUT2D eigenvalue weighted by Gasteiger charge is -2.15. The first-order valence-electron chi connectivity index (χ1n) is 5.39. The monoisotopic (exact) mass is 276 g/mol. The predicted molar refractivity (Wildman–Crippen MR) is 72.8 cm³/mol. The Hall–Kier alpha value is 0.420. The van der Waals surface area contributed by atoms with Gasteiger partial charge in [-0.25, -0.2) is 0 Å². The normalized spacial score (nSPS) is 13.5. The SMILES string of the molecule is CC(CCO)NCCNC(C)CCO.Cl.Cl. The minimum atomic E-state index is 0. The average molecular weight is 277 g/mol. The van der Waals surface area contributed by atoms with E-state index in [1.54, 1.807) is 0 Å². The van der Waals surface area contributed by atoms with E-state index in [9.17, 15) is 0 Å². The third-order valence-electron chi connectivity index (χ3n) is 2.23. The van der Waals surface area contributed by atoms with Crippen LogP contribution in [-0.4, -0.2) is 48.6 Å². The van der Waals surface area contributed by atoms with E-state index in [0.717, 1.165) is 25.9 Å². The highest BCUT2D eigenvalue weighted by Gasteiger charge is 2.01. The first-order chi connectivity index (χ1) is 6.70. The molecule has 0 aliphatic rings. The van der Waals surface area contributed by atoms with Gasteiger partial charge >= 0.3 is 0 Å². The fourth-order valence-electron chi connectivity index (χ4n) is 1.23. The topological polar surface area (TPSA) is 64.5 Å². The smallest absolute Gasteiger partial charge is 0.0445 e. The number of halogens is 2. The number of aliphatic hydroxyl groups excluding tert-OH is 2. The third kappa shape index (κ3) is 14.4. The zero-order valence-electron chi connectivity index (χ0n) is 10.1. The third-order valence-corrected chi connectivity index (χ3v) is 2.23. The summed E-state index contributed by atoms with van der Waals surface area (Å²) in [4.78, 5) is 0. The summed E-state index contributed by atoms with van der Waals surface area (Å²) < 4.78 is 0. The van der Waals surface area contributed by atoms with Crippen molar-refractivity contribution in [2.75, 3.05) is 26.3 Å². The average Bonchev–Trinajstić information content (AvgIpc) is 2.13. The van der Waals surface area contributed by atoms with Crippen molar-refractivity contribution in [3.05, 3.63) is 0 Å². The Morgan fingerprint density at radius 3 is 1.38 bits per heavy atom. The largest absolute Gasteiger partial charge is 0.396 e. The van der Waals surface area contributed by atoms with Gasteiger partial charge in [0.1, 0.15) is 0 Å². The molecule has 0 amide bonds. The van der Waals surface area contributed by atoms with Crippen molar-refractivity contribution in [3.63, 3.8) is 0 Å². The van der Waals surface area contributed by atoms with Crippen molar-refractivity contribution in [3.8, 4) is 0 Å². The van der Waals surface area contributed by atoms with Gasteiger partial charge in [-0.2, -0.15) is 0 Å². The molecule has 0 aromatic carbocycles. The number of hydrogen-bond acceptors (Lipinski definition) is 4. The second-order valence-electron chi connectivity index (χ2n) is 3.73. The molecule has 6 heteroatoms. The summed E-state index contributed by atoms with van der Waals surface area (Å²) in [6.07, 6.45) is 1.60. The van der Waals surface area contributed by atoms with E-state index in [4.69, 9.17) is 10.2 Å². The molecule has 4 N–H and O–H groups in total. The fourth-order valence-corrected chi connectivity index (χ4v) is 1.23. The summed E-state index contributed by atoms with van der Waals surface area (Å²) in [7, 11) is 0. The molecule has 0 saturated heterocycles. The van der Waals surface area contributed by atoms with Crippen molar-refractivity contribution < 1.29 is 10.2 Å². The van der Waals surface area contributed by atoms with E-state index in [2.05, 4.69) is 24.5 Å². The van der Waals surface area contributed by atoms with Gasteiger partial charge in [0, 0.05) is 38.4 Å². The highest BCUT2D eigenvalue weighted by atomic mass is 35.5. The van der Waals surface area contributed by atoms with Gasteiger partial charge in [0.05, 0.1) is 0 Å². The number of rotatable bonds is 9. The van der Waals surface area contributed by atoms with E-state index in [1.165, 1.54) is 0 Å². The summed E-state index contributed by atoms with van der Waals surface area (Å²) in [5.41, 5.74) is 0. The first kappa shape index (κ1) is 21.7. The van der Waals surface area contributed by atoms with E-state index < -0.39 is 0 Å². The van der Waals surface area contributed by atoms with Crippen molar-refractivity contribution in [1.82, 2.24) is 10.6 Å². The molecule has 102 valence electrons. The van der Waals surface area contributed by atoms with Crippen LogP contribution in [0.4, 0.5) is 0 Å². The first-order valence-corrected chi connectivity index (χ1v) is 5.39. The van der Waals surface area contributed by atoms with Crippen LogP contribution >= 0.6 is 24.8 Å². The van der Waals surface area contributed by atoms with E-state index in [0.29, 0.717) is 12.1 Å². The molecule has 0 radical (unpaired) electrons. The zero-order chi connectivity index (χ0) is 10.8. The van der Waals surface area contributed by atoms with Gasteiger partial charge in [-0.15, -0.1) is 24.8 Å². The fraction of sp³-hybridized carbons (Fsp3) is 1.00. The summed E-state index contributed by atoms with van der Waals surface area (Å²) in [6, 6.07) is 0.741. The van der Waals surface area contributed by atoms with Crippen LogP contribution in [0.15, 0.2) is 0 Å². The molecular weight excluding hydrogens is 251 g/mol. The lowest BCUT2D eigenvalue weighted by molar-refractivity contribution is 0.263. The van der Waals surface area contributed by atoms with Gasteiger partial charge in [-0.05, 0) is 26.7 Å². The van der Waals surface area contributed by atoms with E-state index in [-0.39, 0.29) is 38.0 Å². The van der Waals surface area contributed by atoms with Gasteiger partial charge < -0.3 is 20.8 Å². The lowest BCUT2D eigenvalue weighted by Crippen LogP contribution is -2.37. The van der Waals surface area contributed by atoms with E-state index >= 15 is 0 Å². The van der Waals surface area contributed by atoms with Crippen molar-refractivity contribution in [2.45, 2.75) is 38.8 Å². The second kappa shape index (κ2) is 15.4. The molecule has 16 heavy (non-hydrogen) atoms. The summed E-state index contributed by atoms with van der Waals surface area (Å²) in [5.74, 6) is 0. The summed E-state index contributed by atoms with van der Waals surface area (Å²) in [6.45, 7) is 6.40. The minimum absolute atomic E-state index is 0. The second-order valence-corrected chi connectivity index (χ2v) is 3.73. The Kier molecular flexibility index (Phi) is 20.9. The molecule has 0 aliphatic heterocycles. The molecule has 0 rings (SSSR count). The van der Waals surface area contributed by atoms with Crippen LogP contribution in [0, 0.1) is 0 Å². The molecule has 4 nitrogen and oxygen atoms in total. The van der Waals surface area contributed by atoms with Gasteiger partial charge in [-0.1, -0.05) is 0 Å². The van der Waals surface area contributed by atoms with Crippen molar-refractivity contribution >= 4 is 24.8 Å². The Morgan fingerprint density at radius 1 is 0.812 bits per heavy atom. The summed E-state index contributed by atoms with van der Waals surface area (Å²) in [5, 5.41) is 23.9. The Morgan fingerprint density at radius 2 is 1.12 bits per heavy atom. The molecule has 0 aromatic heterocycles. The maximum atomic E-state index is 8.67. The number of hydrogen-bond donors (Lipinski definition) is 4. The van der Waals surface area contributed by atoms with Gasteiger partial charge in [0.15, 0.2) is 0 Å². The predicted octanol–water partition coefficient (Wildman–Crippen LogP) is 0.551. The van der Waals surface area contributed by atoms with Crippen LogP contribution in [0.5, 0.6) is 0 Å². The highest BCUT2D eigenvalue weighted by Crippen LogP contribution is 1.88. The Balaban J connectivity index is -0.000000845. The van der Waals surface area contributed by atoms with Crippen molar-refractivity contribution in [2.24, 2.45) is 0 Å². The molecule has 2 unspecified atom stereocenters. The van der Waals surface area contributed by atoms with Crippen LogP contribution in [0.3, 0.4) is 0 Å². The van der Waals surface area contributed by atoms with E-state index in [1.807, 2.05) is 0 Å². The molecule has 0 bridgehead atoms. The Bertz CT molecular complexity index is 117. The standard InChI is InChI=1S/C10H24N2O2.2ClH/c1-9(3-7-13)11-5-6-12-10(2)4-8-14;;/h9-14H,3-8H2,1-2H3;2*1H. The van der Waals surface area contributed by atoms with Gasteiger partial charge in [0.2, 0.25) is 0 Å². The highest BCUT2D eigenvalue weighted by molar-refractivity contribution is 5.85. The maximum Gasteiger partial charge on any atom is 0.0445 e. The quantitative estimate of drug-likeness (QED) is 0.465. The van der Waals surface area contributed by atoms with Crippen LogP contribution in [-0.2, 0) is 0 Å². The molecular formula is C10H26Cl2N2O2. The van der Waals surface area contributed by atoms with Crippen molar-refractivity contribution in [1.29, 1.82) is 0 Å². The van der Waals surface area contributed by atoms with Crippen LogP contribution in [0.25, 0.3) is 0 Å². The zero-order valence-corrected chi connectivity index (χ0v) is 11.7.